The van der Waals surface area contributed by atoms with E-state index in [0.29, 0.717) is 15.7 Å². The third-order valence-electron chi connectivity index (χ3n) is 4.49. The van der Waals surface area contributed by atoms with Gasteiger partial charge in [-0.3, -0.25) is 14.5 Å². The summed E-state index contributed by atoms with van der Waals surface area (Å²) in [5, 5.41) is 0.358. The van der Waals surface area contributed by atoms with Gasteiger partial charge in [0.05, 0.1) is 11.4 Å². The molecule has 2 heterocycles. The summed E-state index contributed by atoms with van der Waals surface area (Å²) in [4.78, 5) is 26.5. The molecule has 0 aliphatic carbocycles. The third-order valence-corrected chi connectivity index (χ3v) is 5.65. The summed E-state index contributed by atoms with van der Waals surface area (Å²) >= 11 is 6.81. The highest BCUT2D eigenvalue weighted by atomic mass is 35.5. The minimum absolute atomic E-state index is 0.207. The number of halogens is 1. The number of carbonyl (C=O) groups excluding carboxylic acids is 2. The number of imide groups is 1. The van der Waals surface area contributed by atoms with E-state index in [0.717, 1.165) is 35.3 Å². The highest BCUT2D eigenvalue weighted by Gasteiger charge is 2.35. The molecule has 1 aromatic carbocycles. The number of thioether (sulfide) groups is 1. The second-order valence-corrected chi connectivity index (χ2v) is 7.64. The van der Waals surface area contributed by atoms with Crippen molar-refractivity contribution in [3.63, 3.8) is 0 Å². The first-order valence-corrected chi connectivity index (χ1v) is 9.90. The Bertz CT molecular complexity index is 903. The zero-order valence-corrected chi connectivity index (χ0v) is 17.1. The molecule has 1 saturated heterocycles. The lowest BCUT2D eigenvalue weighted by Crippen LogP contribution is -2.32. The highest BCUT2D eigenvalue weighted by molar-refractivity contribution is 8.18. The maximum atomic E-state index is 12.6. The molecule has 3 rings (SSSR count). The van der Waals surface area contributed by atoms with Gasteiger partial charge < -0.3 is 9.30 Å². The van der Waals surface area contributed by atoms with Crippen LogP contribution in [0.5, 0.6) is 5.75 Å². The Morgan fingerprint density at radius 1 is 1.19 bits per heavy atom. The Morgan fingerprint density at radius 3 is 2.52 bits per heavy atom. The topological polar surface area (TPSA) is 51.5 Å². The molecule has 2 aromatic rings. The van der Waals surface area contributed by atoms with Gasteiger partial charge in [0, 0.05) is 23.0 Å². The van der Waals surface area contributed by atoms with Crippen molar-refractivity contribution < 1.29 is 14.3 Å². The molecule has 0 radical (unpaired) electrons. The molecule has 27 heavy (non-hydrogen) atoms. The molecule has 5 nitrogen and oxygen atoms in total. The van der Waals surface area contributed by atoms with Gasteiger partial charge in [0.2, 0.25) is 0 Å². The predicted octanol–water partition coefficient (Wildman–Crippen LogP) is 4.89. The lowest BCUT2D eigenvalue weighted by atomic mass is 10.2. The lowest BCUT2D eigenvalue weighted by molar-refractivity contribution is -0.123. The van der Waals surface area contributed by atoms with E-state index in [1.54, 1.807) is 30.3 Å². The summed E-state index contributed by atoms with van der Waals surface area (Å²) in [6.07, 6.45) is 1.81. The molecule has 0 N–H and O–H groups in total. The Morgan fingerprint density at radius 2 is 1.89 bits per heavy atom. The summed E-state index contributed by atoms with van der Waals surface area (Å²) in [5.41, 5.74) is 3.20. The van der Waals surface area contributed by atoms with Crippen LogP contribution >= 0.6 is 23.4 Å². The standard InChI is InChI=1S/C20H21ClN2O3S/c1-4-22-13(2)11-15(14(22)3)12-18-19(24)23(20(25)27-18)9-10-26-17-7-5-16(21)6-8-17/h5-8,11-12H,4,9-10H2,1-3H3/b18-12-. The maximum Gasteiger partial charge on any atom is 0.293 e. The molecule has 0 unspecified atom stereocenters. The van der Waals surface area contributed by atoms with E-state index in [-0.39, 0.29) is 24.3 Å². The van der Waals surface area contributed by atoms with Crippen molar-refractivity contribution >= 4 is 40.6 Å². The largest absolute Gasteiger partial charge is 0.492 e. The number of benzene rings is 1. The first-order chi connectivity index (χ1) is 12.9. The smallest absolute Gasteiger partial charge is 0.293 e. The van der Waals surface area contributed by atoms with Crippen molar-refractivity contribution in [3.8, 4) is 5.75 Å². The van der Waals surface area contributed by atoms with Gasteiger partial charge in [-0.1, -0.05) is 11.6 Å². The second-order valence-electron chi connectivity index (χ2n) is 6.21. The van der Waals surface area contributed by atoms with Gasteiger partial charge in [-0.25, -0.2) is 0 Å². The van der Waals surface area contributed by atoms with Crippen molar-refractivity contribution in [1.29, 1.82) is 0 Å². The zero-order chi connectivity index (χ0) is 19.6. The van der Waals surface area contributed by atoms with E-state index in [4.69, 9.17) is 16.3 Å². The molecule has 2 amide bonds. The molecule has 0 saturated carbocycles. The van der Waals surface area contributed by atoms with Crippen LogP contribution in [0.3, 0.4) is 0 Å². The van der Waals surface area contributed by atoms with E-state index in [2.05, 4.69) is 11.5 Å². The first kappa shape index (κ1) is 19.6. The van der Waals surface area contributed by atoms with Crippen molar-refractivity contribution in [2.75, 3.05) is 13.2 Å². The number of hydrogen-bond acceptors (Lipinski definition) is 4. The maximum absolute atomic E-state index is 12.6. The molecule has 0 spiro atoms. The van der Waals surface area contributed by atoms with Crippen LogP contribution in [-0.2, 0) is 11.3 Å². The monoisotopic (exact) mass is 404 g/mol. The summed E-state index contributed by atoms with van der Waals surface area (Å²) in [6, 6.07) is 8.99. The molecule has 0 atom stereocenters. The molecule has 1 aliphatic heterocycles. The normalized spacial score (nSPS) is 15.9. The van der Waals surface area contributed by atoms with Gasteiger partial charge in [0.15, 0.2) is 0 Å². The first-order valence-electron chi connectivity index (χ1n) is 8.71. The number of hydrogen-bond donors (Lipinski definition) is 0. The number of nitrogens with zero attached hydrogens (tertiary/aromatic N) is 2. The number of aromatic nitrogens is 1. The summed E-state index contributed by atoms with van der Waals surface area (Å²) in [5.74, 6) is 0.375. The van der Waals surface area contributed by atoms with Gasteiger partial charge in [-0.15, -0.1) is 0 Å². The molecule has 1 aliphatic rings. The third kappa shape index (κ3) is 4.22. The van der Waals surface area contributed by atoms with Crippen LogP contribution in [0.15, 0.2) is 35.2 Å². The summed E-state index contributed by atoms with van der Waals surface area (Å²) in [6.45, 7) is 7.45. The minimum atomic E-state index is -0.272. The van der Waals surface area contributed by atoms with Gasteiger partial charge in [-0.05, 0) is 74.5 Å². The van der Waals surface area contributed by atoms with Crippen molar-refractivity contribution in [2.24, 2.45) is 0 Å². The number of carbonyl (C=O) groups is 2. The van der Waals surface area contributed by atoms with Crippen LogP contribution in [0.25, 0.3) is 6.08 Å². The quantitative estimate of drug-likeness (QED) is 0.643. The molecular formula is C20H21ClN2O3S. The number of rotatable bonds is 6. The van der Waals surface area contributed by atoms with Gasteiger partial charge in [0.1, 0.15) is 12.4 Å². The fraction of sp³-hybridized carbons (Fsp3) is 0.300. The molecule has 7 heteroatoms. The van der Waals surface area contributed by atoms with Gasteiger partial charge >= 0.3 is 0 Å². The van der Waals surface area contributed by atoms with Crippen LogP contribution in [0.1, 0.15) is 23.9 Å². The molecule has 1 aromatic heterocycles. The van der Waals surface area contributed by atoms with Crippen LogP contribution in [0.2, 0.25) is 5.02 Å². The second kappa shape index (κ2) is 8.23. The Kier molecular flexibility index (Phi) is 5.97. The Hall–Kier alpha value is -2.18. The Balaban J connectivity index is 1.67. The van der Waals surface area contributed by atoms with Crippen LogP contribution in [0, 0.1) is 13.8 Å². The van der Waals surface area contributed by atoms with Crippen LogP contribution in [0.4, 0.5) is 4.79 Å². The van der Waals surface area contributed by atoms with Crippen molar-refractivity contribution in [1.82, 2.24) is 9.47 Å². The van der Waals surface area contributed by atoms with E-state index in [1.165, 1.54) is 4.90 Å². The average Bonchev–Trinajstić information content (AvgIpc) is 3.06. The molecule has 0 bridgehead atoms. The predicted molar refractivity (Wildman–Crippen MR) is 109 cm³/mol. The number of aryl methyl sites for hydroxylation is 1. The average molecular weight is 405 g/mol. The fourth-order valence-corrected chi connectivity index (χ4v) is 4.06. The Labute approximate surface area is 167 Å². The van der Waals surface area contributed by atoms with E-state index >= 15 is 0 Å². The lowest BCUT2D eigenvalue weighted by Gasteiger charge is -2.13. The van der Waals surface area contributed by atoms with E-state index in [9.17, 15) is 9.59 Å². The van der Waals surface area contributed by atoms with Crippen LogP contribution < -0.4 is 4.74 Å². The number of amides is 2. The van der Waals surface area contributed by atoms with Gasteiger partial charge in [-0.2, -0.15) is 0 Å². The van der Waals surface area contributed by atoms with E-state index < -0.39 is 0 Å². The van der Waals surface area contributed by atoms with Crippen molar-refractivity contribution in [3.05, 3.63) is 57.2 Å². The summed E-state index contributed by atoms with van der Waals surface area (Å²) < 4.78 is 7.77. The van der Waals surface area contributed by atoms with Crippen molar-refractivity contribution in [2.45, 2.75) is 27.3 Å². The van der Waals surface area contributed by atoms with Crippen LogP contribution in [-0.4, -0.2) is 33.8 Å². The SMILES string of the molecule is CCn1c(C)cc(/C=C2\SC(=O)N(CCOc3ccc(Cl)cc3)C2=O)c1C. The zero-order valence-electron chi connectivity index (χ0n) is 15.5. The molecular weight excluding hydrogens is 384 g/mol. The summed E-state index contributed by atoms with van der Waals surface area (Å²) in [7, 11) is 0. The van der Waals surface area contributed by atoms with E-state index in [1.807, 2.05) is 19.9 Å². The molecule has 1 fully saturated rings. The minimum Gasteiger partial charge on any atom is -0.492 e. The number of ether oxygens (including phenoxy) is 1. The fourth-order valence-electron chi connectivity index (χ4n) is 3.08. The molecule has 142 valence electrons. The highest BCUT2D eigenvalue weighted by Crippen LogP contribution is 2.33. The van der Waals surface area contributed by atoms with Gasteiger partial charge in [0.25, 0.3) is 11.1 Å².